The third kappa shape index (κ3) is 5.29. The Labute approximate surface area is 151 Å². The quantitative estimate of drug-likeness (QED) is 0.700. The Hall–Kier alpha value is -2.41. The monoisotopic (exact) mass is 362 g/mol. The van der Waals surface area contributed by atoms with Crippen LogP contribution < -0.4 is 4.90 Å². The van der Waals surface area contributed by atoms with Crippen LogP contribution in [0.25, 0.3) is 0 Å². The van der Waals surface area contributed by atoms with E-state index in [9.17, 15) is 14.7 Å². The molecule has 0 atom stereocenters. The molecule has 1 N–H and O–H groups in total. The average molecular weight is 362 g/mol. The third-order valence-corrected chi connectivity index (χ3v) is 4.79. The number of thiazole rings is 1. The lowest BCUT2D eigenvalue weighted by Crippen LogP contribution is -2.32. The van der Waals surface area contributed by atoms with Gasteiger partial charge in [0.2, 0.25) is 0 Å². The molecule has 1 heterocycles. The molecule has 2 rings (SSSR count). The van der Waals surface area contributed by atoms with E-state index in [1.54, 1.807) is 6.92 Å². The molecule has 7 heteroatoms. The Morgan fingerprint density at radius 2 is 1.96 bits per heavy atom. The van der Waals surface area contributed by atoms with Crippen molar-refractivity contribution in [2.45, 2.75) is 39.7 Å². The van der Waals surface area contributed by atoms with Gasteiger partial charge in [0, 0.05) is 6.54 Å². The van der Waals surface area contributed by atoms with Crippen LogP contribution in [0.2, 0.25) is 0 Å². The van der Waals surface area contributed by atoms with Crippen LogP contribution in [0.3, 0.4) is 0 Å². The summed E-state index contributed by atoms with van der Waals surface area (Å²) in [7, 11) is 0. The SMILES string of the molecule is CCCCCN(C(=O)OCc1ccccc1)c1nc(C)c(C(=O)O)s1. The first-order valence-electron chi connectivity index (χ1n) is 8.21. The van der Waals surface area contributed by atoms with Crippen LogP contribution in [0.4, 0.5) is 9.93 Å². The second kappa shape index (κ2) is 9.17. The summed E-state index contributed by atoms with van der Waals surface area (Å²) < 4.78 is 5.39. The number of hydrogen-bond acceptors (Lipinski definition) is 5. The molecule has 1 amide bonds. The average Bonchev–Trinajstić information content (AvgIpc) is 2.99. The number of carboxylic acids is 1. The van der Waals surface area contributed by atoms with E-state index in [-0.39, 0.29) is 11.5 Å². The molecular formula is C18H22N2O4S. The molecule has 0 unspecified atom stereocenters. The Morgan fingerprint density at radius 3 is 2.56 bits per heavy atom. The van der Waals surface area contributed by atoms with Crippen LogP contribution in [0.15, 0.2) is 30.3 Å². The molecule has 0 saturated carbocycles. The lowest BCUT2D eigenvalue weighted by Gasteiger charge is -2.19. The number of hydrogen-bond donors (Lipinski definition) is 1. The fraction of sp³-hybridized carbons (Fsp3) is 0.389. The van der Waals surface area contributed by atoms with Gasteiger partial charge in [0.05, 0.1) is 5.69 Å². The Balaban J connectivity index is 2.12. The minimum absolute atomic E-state index is 0.145. The molecule has 1 aromatic carbocycles. The standard InChI is InChI=1S/C18H22N2O4S/c1-3-4-8-11-20(17-19-13(2)15(25-17)16(21)22)18(23)24-12-14-9-6-5-7-10-14/h5-7,9-10H,3-4,8,11-12H2,1-2H3,(H,21,22). The van der Waals surface area contributed by atoms with Crippen LogP contribution in [0.1, 0.15) is 47.1 Å². The van der Waals surface area contributed by atoms with Crippen molar-refractivity contribution < 1.29 is 19.4 Å². The molecule has 0 bridgehead atoms. The van der Waals surface area contributed by atoms with Gasteiger partial charge in [0.1, 0.15) is 11.5 Å². The van der Waals surface area contributed by atoms with E-state index in [0.29, 0.717) is 17.4 Å². The van der Waals surface area contributed by atoms with Crippen molar-refractivity contribution in [2.24, 2.45) is 0 Å². The number of carbonyl (C=O) groups excluding carboxylic acids is 1. The highest BCUT2D eigenvalue weighted by Crippen LogP contribution is 2.27. The zero-order chi connectivity index (χ0) is 18.2. The molecular weight excluding hydrogens is 340 g/mol. The Bertz CT molecular complexity index is 715. The number of ether oxygens (including phenoxy) is 1. The summed E-state index contributed by atoms with van der Waals surface area (Å²) in [5.41, 5.74) is 1.30. The normalized spacial score (nSPS) is 10.5. The van der Waals surface area contributed by atoms with E-state index in [4.69, 9.17) is 4.74 Å². The predicted octanol–water partition coefficient (Wildman–Crippen LogP) is 4.48. The number of rotatable bonds is 8. The molecule has 0 aliphatic rings. The van der Waals surface area contributed by atoms with Gasteiger partial charge in [0.15, 0.2) is 5.13 Å². The number of carboxylic acid groups (broad SMARTS) is 1. The molecule has 0 aliphatic heterocycles. The number of aromatic carboxylic acids is 1. The van der Waals surface area contributed by atoms with E-state index in [1.165, 1.54) is 4.90 Å². The summed E-state index contributed by atoms with van der Waals surface area (Å²) >= 11 is 0.998. The summed E-state index contributed by atoms with van der Waals surface area (Å²) in [5, 5.41) is 9.57. The summed E-state index contributed by atoms with van der Waals surface area (Å²) in [6.45, 7) is 4.32. The highest BCUT2D eigenvalue weighted by atomic mass is 32.1. The molecule has 0 radical (unpaired) electrons. The van der Waals surface area contributed by atoms with Crippen LogP contribution in [-0.2, 0) is 11.3 Å². The molecule has 134 valence electrons. The van der Waals surface area contributed by atoms with Gasteiger partial charge in [0.25, 0.3) is 0 Å². The first-order chi connectivity index (χ1) is 12.0. The number of carbonyl (C=O) groups is 2. The Morgan fingerprint density at radius 1 is 1.24 bits per heavy atom. The van der Waals surface area contributed by atoms with Crippen LogP contribution in [0, 0.1) is 6.92 Å². The summed E-state index contributed by atoms with van der Waals surface area (Å²) in [4.78, 5) is 29.6. The predicted molar refractivity (Wildman–Crippen MR) is 97.3 cm³/mol. The topological polar surface area (TPSA) is 79.7 Å². The maximum absolute atomic E-state index is 12.5. The first kappa shape index (κ1) is 18.9. The van der Waals surface area contributed by atoms with E-state index >= 15 is 0 Å². The van der Waals surface area contributed by atoms with Crippen LogP contribution >= 0.6 is 11.3 Å². The lowest BCUT2D eigenvalue weighted by molar-refractivity contribution is 0.0701. The minimum atomic E-state index is -1.03. The number of unbranched alkanes of at least 4 members (excludes halogenated alkanes) is 2. The van der Waals surface area contributed by atoms with Crippen LogP contribution in [0.5, 0.6) is 0 Å². The van der Waals surface area contributed by atoms with Crippen molar-refractivity contribution in [3.05, 3.63) is 46.5 Å². The van der Waals surface area contributed by atoms with Crippen molar-refractivity contribution >= 4 is 28.5 Å². The van der Waals surface area contributed by atoms with Crippen LogP contribution in [-0.4, -0.2) is 28.7 Å². The van der Waals surface area contributed by atoms with Crippen molar-refractivity contribution in [1.29, 1.82) is 0 Å². The van der Waals surface area contributed by atoms with Gasteiger partial charge < -0.3 is 9.84 Å². The number of anilines is 1. The fourth-order valence-electron chi connectivity index (χ4n) is 2.28. The maximum atomic E-state index is 12.5. The van der Waals surface area contributed by atoms with Crippen molar-refractivity contribution in [3.8, 4) is 0 Å². The van der Waals surface area contributed by atoms with Gasteiger partial charge in [-0.05, 0) is 18.9 Å². The van der Waals surface area contributed by atoms with E-state index in [1.807, 2.05) is 30.3 Å². The summed E-state index contributed by atoms with van der Waals surface area (Å²) in [6, 6.07) is 9.42. The molecule has 0 spiro atoms. The van der Waals surface area contributed by atoms with Gasteiger partial charge in [-0.25, -0.2) is 14.6 Å². The number of amides is 1. The second-order valence-electron chi connectivity index (χ2n) is 5.62. The molecule has 1 aromatic heterocycles. The van der Waals surface area contributed by atoms with Gasteiger partial charge in [-0.2, -0.15) is 0 Å². The number of aromatic nitrogens is 1. The number of benzene rings is 1. The van der Waals surface area contributed by atoms with Gasteiger partial charge in [-0.15, -0.1) is 0 Å². The highest BCUT2D eigenvalue weighted by Gasteiger charge is 2.23. The smallest absolute Gasteiger partial charge is 0.416 e. The van der Waals surface area contributed by atoms with Gasteiger partial charge in [-0.3, -0.25) is 4.90 Å². The van der Waals surface area contributed by atoms with E-state index < -0.39 is 12.1 Å². The largest absolute Gasteiger partial charge is 0.477 e. The molecule has 0 saturated heterocycles. The maximum Gasteiger partial charge on any atom is 0.416 e. The molecule has 2 aromatic rings. The molecule has 25 heavy (non-hydrogen) atoms. The lowest BCUT2D eigenvalue weighted by atomic mass is 10.2. The molecule has 0 aliphatic carbocycles. The zero-order valence-electron chi connectivity index (χ0n) is 14.4. The fourth-order valence-corrected chi connectivity index (χ4v) is 3.20. The molecule has 6 nitrogen and oxygen atoms in total. The van der Waals surface area contributed by atoms with Crippen molar-refractivity contribution in [2.75, 3.05) is 11.4 Å². The van der Waals surface area contributed by atoms with Gasteiger partial charge >= 0.3 is 12.1 Å². The highest BCUT2D eigenvalue weighted by molar-refractivity contribution is 7.17. The molecule has 0 fully saturated rings. The second-order valence-corrected chi connectivity index (χ2v) is 6.59. The van der Waals surface area contributed by atoms with E-state index in [2.05, 4.69) is 11.9 Å². The van der Waals surface area contributed by atoms with Crippen molar-refractivity contribution in [1.82, 2.24) is 4.98 Å². The third-order valence-electron chi connectivity index (χ3n) is 3.62. The van der Waals surface area contributed by atoms with Crippen molar-refractivity contribution in [3.63, 3.8) is 0 Å². The van der Waals surface area contributed by atoms with E-state index in [0.717, 1.165) is 36.2 Å². The Kier molecular flexibility index (Phi) is 6.94. The summed E-state index contributed by atoms with van der Waals surface area (Å²) in [5.74, 6) is -1.03. The number of aryl methyl sites for hydroxylation is 1. The summed E-state index contributed by atoms with van der Waals surface area (Å²) in [6.07, 6.45) is 2.28. The number of nitrogens with zero attached hydrogens (tertiary/aromatic N) is 2. The van der Waals surface area contributed by atoms with Gasteiger partial charge in [-0.1, -0.05) is 61.4 Å². The minimum Gasteiger partial charge on any atom is -0.477 e. The first-order valence-corrected chi connectivity index (χ1v) is 9.03. The zero-order valence-corrected chi connectivity index (χ0v) is 15.2.